The number of hydroxylamine groups is 2. The smallest absolute Gasteiger partial charge is 0.267 e. The molecule has 0 unspecified atom stereocenters. The van der Waals surface area contributed by atoms with Gasteiger partial charge in [-0.1, -0.05) is 18.2 Å². The first-order valence-corrected chi connectivity index (χ1v) is 6.08. The van der Waals surface area contributed by atoms with E-state index in [0.29, 0.717) is 5.56 Å². The first kappa shape index (κ1) is 10.1. The Morgan fingerprint density at radius 1 is 1.33 bits per heavy atom. The average Bonchev–Trinajstić information content (AvgIpc) is 2.42. The van der Waals surface area contributed by atoms with Gasteiger partial charge < -0.3 is 0 Å². The van der Waals surface area contributed by atoms with Gasteiger partial charge in [0.15, 0.2) is 0 Å². The van der Waals surface area contributed by atoms with Crippen LogP contribution in [0.4, 0.5) is 0 Å². The lowest BCUT2D eigenvalue weighted by molar-refractivity contribution is -0.0262. The van der Waals surface area contributed by atoms with Gasteiger partial charge in [-0.3, -0.25) is 4.79 Å². The van der Waals surface area contributed by atoms with E-state index in [-0.39, 0.29) is 6.54 Å². The van der Waals surface area contributed by atoms with Crippen molar-refractivity contribution in [3.8, 4) is 0 Å². The van der Waals surface area contributed by atoms with Crippen molar-refractivity contribution in [2.45, 2.75) is 6.54 Å². The average molecular weight is 227 g/mol. The van der Waals surface area contributed by atoms with Crippen molar-refractivity contribution < 1.29 is 17.5 Å². The van der Waals surface area contributed by atoms with Crippen molar-refractivity contribution in [3.05, 3.63) is 35.4 Å². The molecule has 0 saturated carbocycles. The lowest BCUT2D eigenvalue weighted by Gasteiger charge is -2.11. The predicted octanol–water partition coefficient (Wildman–Crippen LogP) is 0.534. The summed E-state index contributed by atoms with van der Waals surface area (Å²) >= 11 is 0. The third kappa shape index (κ3) is 2.00. The summed E-state index contributed by atoms with van der Waals surface area (Å²) in [5, 5.41) is 0.847. The van der Waals surface area contributed by atoms with Gasteiger partial charge in [-0.05, 0) is 11.6 Å². The fourth-order valence-corrected chi connectivity index (χ4v) is 1.90. The lowest BCUT2D eigenvalue weighted by Crippen LogP contribution is -2.27. The number of fused-ring (bicyclic) bond motifs is 1. The number of amides is 1. The number of benzene rings is 1. The highest BCUT2D eigenvalue weighted by atomic mass is 32.2. The first-order chi connectivity index (χ1) is 6.97. The minimum Gasteiger partial charge on any atom is -0.267 e. The monoisotopic (exact) mass is 227 g/mol. The fourth-order valence-electron chi connectivity index (χ4n) is 1.45. The normalized spacial score (nSPS) is 15.5. The maximum absolute atomic E-state index is 11.6. The topological polar surface area (TPSA) is 63.7 Å². The van der Waals surface area contributed by atoms with Gasteiger partial charge >= 0.3 is 0 Å². The van der Waals surface area contributed by atoms with Crippen LogP contribution < -0.4 is 0 Å². The Balaban J connectivity index is 2.28. The molecule has 80 valence electrons. The maximum Gasteiger partial charge on any atom is 0.285 e. The molecule has 0 aromatic heterocycles. The first-order valence-electron chi connectivity index (χ1n) is 4.27. The van der Waals surface area contributed by atoms with Crippen molar-refractivity contribution in [1.82, 2.24) is 5.06 Å². The summed E-state index contributed by atoms with van der Waals surface area (Å²) in [6.07, 6.45) is 0.906. The fraction of sp³-hybridized carbons (Fsp3) is 0.222. The molecule has 1 aromatic carbocycles. The summed E-state index contributed by atoms with van der Waals surface area (Å²) in [5.41, 5.74) is 1.26. The molecule has 0 fully saturated rings. The molecule has 0 aliphatic carbocycles. The summed E-state index contributed by atoms with van der Waals surface area (Å²) in [5.74, 6) is -0.420. The molecule has 0 spiro atoms. The van der Waals surface area contributed by atoms with Gasteiger partial charge in [0, 0.05) is 5.56 Å². The molecule has 1 amide bonds. The van der Waals surface area contributed by atoms with E-state index >= 15 is 0 Å². The molecule has 1 aliphatic rings. The Hall–Kier alpha value is -1.40. The van der Waals surface area contributed by atoms with Gasteiger partial charge in [0.1, 0.15) is 0 Å². The number of carbonyl (C=O) groups is 1. The van der Waals surface area contributed by atoms with E-state index in [1.54, 1.807) is 24.3 Å². The van der Waals surface area contributed by atoms with Crippen molar-refractivity contribution in [1.29, 1.82) is 0 Å². The van der Waals surface area contributed by atoms with Crippen molar-refractivity contribution in [3.63, 3.8) is 0 Å². The van der Waals surface area contributed by atoms with Crippen LogP contribution in [0.2, 0.25) is 0 Å². The molecule has 1 aromatic rings. The molecule has 1 aliphatic heterocycles. The van der Waals surface area contributed by atoms with Gasteiger partial charge in [0.05, 0.1) is 12.8 Å². The van der Waals surface area contributed by atoms with Gasteiger partial charge in [-0.25, -0.2) is 0 Å². The van der Waals surface area contributed by atoms with Crippen LogP contribution in [-0.4, -0.2) is 25.6 Å². The van der Waals surface area contributed by atoms with Crippen molar-refractivity contribution in [2.24, 2.45) is 0 Å². The molecule has 1 heterocycles. The Kier molecular flexibility index (Phi) is 2.24. The molecule has 5 nitrogen and oxygen atoms in total. The number of hydrogen-bond donors (Lipinski definition) is 0. The zero-order valence-electron chi connectivity index (χ0n) is 8.00. The third-order valence-electron chi connectivity index (χ3n) is 2.01. The van der Waals surface area contributed by atoms with E-state index in [4.69, 9.17) is 0 Å². The lowest BCUT2D eigenvalue weighted by atomic mass is 10.1. The second-order valence-corrected chi connectivity index (χ2v) is 4.83. The molecule has 15 heavy (non-hydrogen) atoms. The molecule has 0 radical (unpaired) electrons. The molecule has 0 bridgehead atoms. The van der Waals surface area contributed by atoms with Crippen LogP contribution in [0, 0.1) is 0 Å². The van der Waals surface area contributed by atoms with Gasteiger partial charge in [-0.2, -0.15) is 13.5 Å². The van der Waals surface area contributed by atoms with Crippen LogP contribution in [0.1, 0.15) is 15.9 Å². The van der Waals surface area contributed by atoms with Gasteiger partial charge in [0.25, 0.3) is 16.0 Å². The Morgan fingerprint density at radius 2 is 2.00 bits per heavy atom. The predicted molar refractivity (Wildman–Crippen MR) is 52.2 cm³/mol. The zero-order chi connectivity index (χ0) is 11.1. The number of rotatable bonds is 2. The maximum atomic E-state index is 11.6. The van der Waals surface area contributed by atoms with E-state index in [9.17, 15) is 13.2 Å². The second-order valence-electron chi connectivity index (χ2n) is 3.28. The second kappa shape index (κ2) is 3.32. The van der Waals surface area contributed by atoms with E-state index in [1.165, 1.54) is 0 Å². The molecule has 0 atom stereocenters. The highest BCUT2D eigenvalue weighted by Crippen LogP contribution is 2.22. The number of hydrogen-bond acceptors (Lipinski definition) is 4. The van der Waals surface area contributed by atoms with Gasteiger partial charge in [-0.15, -0.1) is 4.28 Å². The number of carbonyl (C=O) groups excluding carboxylic acids is 1. The van der Waals surface area contributed by atoms with Crippen LogP contribution in [0.25, 0.3) is 0 Å². The summed E-state index contributed by atoms with van der Waals surface area (Å²) in [6.45, 7) is 0.169. The summed E-state index contributed by atoms with van der Waals surface area (Å²) in [4.78, 5) is 11.6. The zero-order valence-corrected chi connectivity index (χ0v) is 8.82. The quantitative estimate of drug-likeness (QED) is 0.739. The molecule has 0 saturated heterocycles. The molecule has 2 rings (SSSR count). The van der Waals surface area contributed by atoms with E-state index in [2.05, 4.69) is 4.28 Å². The Labute approximate surface area is 87.3 Å². The Morgan fingerprint density at radius 3 is 2.60 bits per heavy atom. The van der Waals surface area contributed by atoms with Crippen LogP contribution in [-0.2, 0) is 20.9 Å². The summed E-state index contributed by atoms with van der Waals surface area (Å²) in [7, 11) is -3.65. The van der Waals surface area contributed by atoms with Crippen LogP contribution in [0.3, 0.4) is 0 Å². The van der Waals surface area contributed by atoms with Crippen LogP contribution in [0.15, 0.2) is 24.3 Å². The minimum absolute atomic E-state index is 0.169. The minimum atomic E-state index is -3.65. The van der Waals surface area contributed by atoms with Crippen LogP contribution >= 0.6 is 0 Å². The van der Waals surface area contributed by atoms with Crippen molar-refractivity contribution >= 4 is 16.0 Å². The van der Waals surface area contributed by atoms with E-state index in [1.807, 2.05) is 0 Å². The Bertz CT molecular complexity index is 509. The summed E-state index contributed by atoms with van der Waals surface area (Å²) < 4.78 is 26.3. The van der Waals surface area contributed by atoms with E-state index < -0.39 is 16.0 Å². The molecular formula is C9H9NO4S. The number of nitrogens with zero attached hydrogens (tertiary/aromatic N) is 1. The molecular weight excluding hydrogens is 218 g/mol. The highest BCUT2D eigenvalue weighted by Gasteiger charge is 2.30. The standard InChI is InChI=1S/C9H9NO4S/c1-15(12,13)14-10-6-7-4-2-3-5-8(7)9(10)11/h2-5H,6H2,1H3. The third-order valence-corrected chi connectivity index (χ3v) is 2.46. The highest BCUT2D eigenvalue weighted by molar-refractivity contribution is 7.85. The van der Waals surface area contributed by atoms with Gasteiger partial charge in [0.2, 0.25) is 0 Å². The largest absolute Gasteiger partial charge is 0.285 e. The van der Waals surface area contributed by atoms with Crippen molar-refractivity contribution in [2.75, 3.05) is 6.26 Å². The molecule has 6 heteroatoms. The molecule has 0 N–H and O–H groups in total. The van der Waals surface area contributed by atoms with E-state index in [0.717, 1.165) is 16.9 Å². The van der Waals surface area contributed by atoms with Crippen LogP contribution in [0.5, 0.6) is 0 Å². The SMILES string of the molecule is CS(=O)(=O)ON1Cc2ccccc2C1=O. The summed E-state index contributed by atoms with van der Waals surface area (Å²) in [6, 6.07) is 6.92.